The summed E-state index contributed by atoms with van der Waals surface area (Å²) in [6.45, 7) is 2.15. The van der Waals surface area contributed by atoms with Crippen LogP contribution in [0.25, 0.3) is 0 Å². The van der Waals surface area contributed by atoms with E-state index < -0.39 is 23.5 Å². The molecule has 4 rings (SSSR count). The van der Waals surface area contributed by atoms with Gasteiger partial charge < -0.3 is 14.7 Å². The predicted octanol–water partition coefficient (Wildman–Crippen LogP) is 6.98. The zero-order chi connectivity index (χ0) is 26.6. The standard InChI is InChI=1S/C28H21F3N2O4/c1-2-33(20-8-6-7-19(16-20)28(29,30)31)21-12-13-24(32-17-21)26(34)18-11-14-25(23(15-18)27(35)36)37-22-9-4-3-5-10-22/h3-17H,2H2,1H3,(H,35,36). The van der Waals surface area contributed by atoms with Crippen LogP contribution in [0, 0.1) is 0 Å². The highest BCUT2D eigenvalue weighted by atomic mass is 19.4. The molecule has 6 nitrogen and oxygen atoms in total. The fourth-order valence-corrected chi connectivity index (χ4v) is 3.74. The largest absolute Gasteiger partial charge is 0.478 e. The molecule has 0 fully saturated rings. The molecule has 0 aliphatic carbocycles. The number of carboxylic acid groups (broad SMARTS) is 1. The molecule has 1 aromatic heterocycles. The Hall–Kier alpha value is -4.66. The van der Waals surface area contributed by atoms with Crippen molar-refractivity contribution in [1.29, 1.82) is 0 Å². The number of alkyl halides is 3. The van der Waals surface area contributed by atoms with Crippen molar-refractivity contribution in [2.75, 3.05) is 11.4 Å². The van der Waals surface area contributed by atoms with Crippen molar-refractivity contribution in [3.8, 4) is 11.5 Å². The Morgan fingerprint density at radius 2 is 1.68 bits per heavy atom. The van der Waals surface area contributed by atoms with Gasteiger partial charge in [-0.1, -0.05) is 24.3 Å². The van der Waals surface area contributed by atoms with Crippen LogP contribution < -0.4 is 9.64 Å². The minimum absolute atomic E-state index is 0.0527. The summed E-state index contributed by atoms with van der Waals surface area (Å²) in [4.78, 5) is 30.7. The number of hydrogen-bond donors (Lipinski definition) is 1. The number of pyridine rings is 1. The first-order valence-electron chi connectivity index (χ1n) is 11.2. The maximum atomic E-state index is 13.1. The number of aromatic nitrogens is 1. The molecule has 188 valence electrons. The summed E-state index contributed by atoms with van der Waals surface area (Å²) in [6.07, 6.45) is -3.08. The van der Waals surface area contributed by atoms with E-state index in [1.54, 1.807) is 54.3 Å². The first-order chi connectivity index (χ1) is 17.7. The van der Waals surface area contributed by atoms with E-state index in [0.717, 1.165) is 12.1 Å². The summed E-state index contributed by atoms with van der Waals surface area (Å²) in [6, 6.07) is 20.7. The molecule has 3 aromatic carbocycles. The van der Waals surface area contributed by atoms with E-state index >= 15 is 0 Å². The minimum atomic E-state index is -4.47. The average molecular weight is 506 g/mol. The number of benzene rings is 3. The summed E-state index contributed by atoms with van der Waals surface area (Å²) in [5.74, 6) is -1.24. The quantitative estimate of drug-likeness (QED) is 0.260. The fourth-order valence-electron chi connectivity index (χ4n) is 3.74. The lowest BCUT2D eigenvalue weighted by atomic mass is 10.0. The zero-order valence-electron chi connectivity index (χ0n) is 19.6. The van der Waals surface area contributed by atoms with Crippen LogP contribution in [0.1, 0.15) is 38.9 Å². The first kappa shape index (κ1) is 25.4. The number of aromatic carboxylic acids is 1. The molecule has 0 spiro atoms. The monoisotopic (exact) mass is 506 g/mol. The molecule has 1 N–H and O–H groups in total. The number of anilines is 2. The number of carboxylic acids is 1. The molecule has 37 heavy (non-hydrogen) atoms. The number of rotatable bonds is 8. The van der Waals surface area contributed by atoms with Gasteiger partial charge in [0.05, 0.1) is 17.4 Å². The number of para-hydroxylation sites is 1. The Morgan fingerprint density at radius 3 is 2.30 bits per heavy atom. The maximum absolute atomic E-state index is 13.1. The molecule has 0 atom stereocenters. The van der Waals surface area contributed by atoms with Gasteiger partial charge in [-0.2, -0.15) is 13.2 Å². The van der Waals surface area contributed by atoms with Crippen molar-refractivity contribution >= 4 is 23.1 Å². The van der Waals surface area contributed by atoms with Crippen molar-refractivity contribution < 1.29 is 32.6 Å². The number of halogens is 3. The lowest BCUT2D eigenvalue weighted by molar-refractivity contribution is -0.137. The predicted molar refractivity (Wildman–Crippen MR) is 132 cm³/mol. The molecule has 1 heterocycles. The van der Waals surface area contributed by atoms with Crippen molar-refractivity contribution in [2.45, 2.75) is 13.1 Å². The zero-order valence-corrected chi connectivity index (χ0v) is 19.6. The van der Waals surface area contributed by atoms with Crippen molar-refractivity contribution in [2.24, 2.45) is 0 Å². The van der Waals surface area contributed by atoms with Crippen molar-refractivity contribution in [3.05, 3.63) is 114 Å². The summed E-state index contributed by atoms with van der Waals surface area (Å²) in [5.41, 5.74) is 0.0277. The van der Waals surface area contributed by atoms with Crippen LogP contribution in [-0.2, 0) is 6.18 Å². The Labute approximate surface area is 210 Å². The number of hydrogen-bond acceptors (Lipinski definition) is 5. The summed E-state index contributed by atoms with van der Waals surface area (Å²) >= 11 is 0. The molecule has 0 aliphatic heterocycles. The molecule has 0 aliphatic rings. The van der Waals surface area contributed by atoms with Crippen LogP contribution in [0.2, 0.25) is 0 Å². The Balaban J connectivity index is 1.58. The molecule has 9 heteroatoms. The van der Waals surface area contributed by atoms with Gasteiger partial charge in [-0.15, -0.1) is 0 Å². The van der Waals surface area contributed by atoms with Gasteiger partial charge >= 0.3 is 12.1 Å². The van der Waals surface area contributed by atoms with Gasteiger partial charge in [0, 0.05) is 17.8 Å². The van der Waals surface area contributed by atoms with E-state index in [2.05, 4.69) is 4.98 Å². The smallest absolute Gasteiger partial charge is 0.416 e. The van der Waals surface area contributed by atoms with E-state index in [1.807, 2.05) is 0 Å². The van der Waals surface area contributed by atoms with Gasteiger partial charge in [-0.25, -0.2) is 4.79 Å². The van der Waals surface area contributed by atoms with Gasteiger partial charge in [0.1, 0.15) is 22.8 Å². The lowest BCUT2D eigenvalue weighted by Gasteiger charge is -2.24. The Morgan fingerprint density at radius 1 is 0.919 bits per heavy atom. The highest BCUT2D eigenvalue weighted by molar-refractivity contribution is 6.09. The first-order valence-corrected chi connectivity index (χ1v) is 11.2. The molecule has 0 unspecified atom stereocenters. The highest BCUT2D eigenvalue weighted by Gasteiger charge is 2.31. The molecule has 0 bridgehead atoms. The van der Waals surface area contributed by atoms with Crippen LogP contribution in [0.5, 0.6) is 11.5 Å². The molecular weight excluding hydrogens is 485 g/mol. The van der Waals surface area contributed by atoms with Crippen LogP contribution in [-0.4, -0.2) is 28.4 Å². The number of ketones is 1. The normalized spacial score (nSPS) is 11.1. The van der Waals surface area contributed by atoms with Gasteiger partial charge in [0.25, 0.3) is 0 Å². The Kier molecular flexibility index (Phi) is 7.24. The van der Waals surface area contributed by atoms with Crippen LogP contribution in [0.15, 0.2) is 91.1 Å². The van der Waals surface area contributed by atoms with Gasteiger partial charge in [0.15, 0.2) is 0 Å². The third-order valence-electron chi connectivity index (χ3n) is 5.54. The molecular formula is C28H21F3N2O4. The molecule has 0 saturated heterocycles. The van der Waals surface area contributed by atoms with Crippen LogP contribution in [0.3, 0.4) is 0 Å². The minimum Gasteiger partial charge on any atom is -0.478 e. The van der Waals surface area contributed by atoms with Crippen molar-refractivity contribution in [1.82, 2.24) is 4.98 Å². The summed E-state index contributed by atoms with van der Waals surface area (Å²) < 4.78 is 45.1. The number of carbonyl (C=O) groups excluding carboxylic acids is 1. The number of carbonyl (C=O) groups is 2. The van der Waals surface area contributed by atoms with E-state index in [9.17, 15) is 27.9 Å². The number of ether oxygens (including phenoxy) is 1. The molecule has 0 amide bonds. The van der Waals surface area contributed by atoms with E-state index in [1.165, 1.54) is 36.5 Å². The van der Waals surface area contributed by atoms with Gasteiger partial charge in [0.2, 0.25) is 5.78 Å². The van der Waals surface area contributed by atoms with Gasteiger partial charge in [-0.05, 0) is 67.6 Å². The SMILES string of the molecule is CCN(c1ccc(C(=O)c2ccc(Oc3ccccc3)c(C(=O)O)c2)nc1)c1cccc(C(F)(F)F)c1. The summed E-state index contributed by atoms with van der Waals surface area (Å²) in [7, 11) is 0. The molecule has 0 radical (unpaired) electrons. The second-order valence-electron chi connectivity index (χ2n) is 7.95. The summed E-state index contributed by atoms with van der Waals surface area (Å²) in [5, 5.41) is 9.64. The number of nitrogens with zero attached hydrogens (tertiary/aromatic N) is 2. The van der Waals surface area contributed by atoms with E-state index in [-0.39, 0.29) is 22.6 Å². The van der Waals surface area contributed by atoms with Crippen LogP contribution in [0.4, 0.5) is 24.5 Å². The highest BCUT2D eigenvalue weighted by Crippen LogP contribution is 2.34. The second kappa shape index (κ2) is 10.5. The lowest BCUT2D eigenvalue weighted by Crippen LogP contribution is -2.17. The van der Waals surface area contributed by atoms with E-state index in [0.29, 0.717) is 23.7 Å². The topological polar surface area (TPSA) is 79.7 Å². The van der Waals surface area contributed by atoms with E-state index in [4.69, 9.17) is 4.74 Å². The maximum Gasteiger partial charge on any atom is 0.416 e. The van der Waals surface area contributed by atoms with Crippen molar-refractivity contribution in [3.63, 3.8) is 0 Å². The van der Waals surface area contributed by atoms with Crippen LogP contribution >= 0.6 is 0 Å². The molecule has 4 aromatic rings. The average Bonchev–Trinajstić information content (AvgIpc) is 2.89. The second-order valence-corrected chi connectivity index (χ2v) is 7.95. The van der Waals surface area contributed by atoms with Gasteiger partial charge in [-0.3, -0.25) is 9.78 Å². The molecule has 0 saturated carbocycles. The third-order valence-corrected chi connectivity index (χ3v) is 5.54. The fraction of sp³-hybridized carbons (Fsp3) is 0.107. The Bertz CT molecular complexity index is 1420. The third kappa shape index (κ3) is 5.78.